The van der Waals surface area contributed by atoms with Crippen molar-refractivity contribution in [3.63, 3.8) is 0 Å². The highest BCUT2D eigenvalue weighted by atomic mass is 79.9. The molecule has 0 aromatic carbocycles. The average molecular weight is 255 g/mol. The predicted octanol–water partition coefficient (Wildman–Crippen LogP) is 0.443. The Bertz CT molecular complexity index is 287. The molecule has 0 spiro atoms. The highest BCUT2D eigenvalue weighted by molar-refractivity contribution is 9.09. The highest BCUT2D eigenvalue weighted by Crippen LogP contribution is 2.43. The molecule has 2 rings (SSSR count). The van der Waals surface area contributed by atoms with E-state index in [1.807, 2.05) is 0 Å². The molecule has 0 bridgehead atoms. The zero-order chi connectivity index (χ0) is 8.82. The second kappa shape index (κ2) is 2.69. The first-order valence-corrected chi connectivity index (χ1v) is 6.86. The SMILES string of the molecule is O=S1(=O)C[C@@H]2COC[C@]2(CBr)C1. The van der Waals surface area contributed by atoms with Crippen molar-refractivity contribution in [1.29, 1.82) is 0 Å². The van der Waals surface area contributed by atoms with Gasteiger partial charge in [0.2, 0.25) is 0 Å². The lowest BCUT2D eigenvalue weighted by molar-refractivity contribution is 0.168. The van der Waals surface area contributed by atoms with Gasteiger partial charge in [-0.25, -0.2) is 8.42 Å². The lowest BCUT2D eigenvalue weighted by atomic mass is 9.83. The molecule has 2 fully saturated rings. The van der Waals surface area contributed by atoms with Crippen LogP contribution in [-0.2, 0) is 14.6 Å². The van der Waals surface area contributed by atoms with E-state index in [1.165, 1.54) is 0 Å². The molecule has 2 aliphatic rings. The van der Waals surface area contributed by atoms with Crippen molar-refractivity contribution in [3.05, 3.63) is 0 Å². The summed E-state index contributed by atoms with van der Waals surface area (Å²) in [6, 6.07) is 0. The first kappa shape index (κ1) is 8.97. The van der Waals surface area contributed by atoms with Crippen molar-refractivity contribution in [2.24, 2.45) is 11.3 Å². The van der Waals surface area contributed by atoms with Gasteiger partial charge in [-0.1, -0.05) is 15.9 Å². The molecule has 3 nitrogen and oxygen atoms in total. The molecule has 0 unspecified atom stereocenters. The summed E-state index contributed by atoms with van der Waals surface area (Å²) in [6.07, 6.45) is 0. The van der Waals surface area contributed by atoms with Gasteiger partial charge in [0.15, 0.2) is 9.84 Å². The molecule has 0 saturated carbocycles. The monoisotopic (exact) mass is 254 g/mol. The Morgan fingerprint density at radius 3 is 2.92 bits per heavy atom. The van der Waals surface area contributed by atoms with Crippen LogP contribution in [0.4, 0.5) is 0 Å². The number of rotatable bonds is 1. The minimum atomic E-state index is -2.79. The molecule has 0 aliphatic carbocycles. The molecule has 2 saturated heterocycles. The summed E-state index contributed by atoms with van der Waals surface area (Å²) in [5, 5.41) is 0.740. The molecule has 2 atom stereocenters. The van der Waals surface area contributed by atoms with Crippen molar-refractivity contribution in [2.75, 3.05) is 30.0 Å². The fourth-order valence-corrected chi connectivity index (χ4v) is 5.63. The second-order valence-corrected chi connectivity index (χ2v) is 6.43. The highest BCUT2D eigenvalue weighted by Gasteiger charge is 2.53. The van der Waals surface area contributed by atoms with Crippen LogP contribution in [0.5, 0.6) is 0 Å². The number of hydrogen-bond donors (Lipinski definition) is 0. The smallest absolute Gasteiger partial charge is 0.151 e. The summed E-state index contributed by atoms with van der Waals surface area (Å²) >= 11 is 3.38. The molecule has 0 amide bonds. The van der Waals surface area contributed by atoms with Crippen LogP contribution >= 0.6 is 15.9 Å². The van der Waals surface area contributed by atoms with Crippen molar-refractivity contribution < 1.29 is 13.2 Å². The third-order valence-electron chi connectivity index (χ3n) is 2.80. The van der Waals surface area contributed by atoms with Crippen LogP contribution < -0.4 is 0 Å². The number of ether oxygens (including phenoxy) is 1. The summed E-state index contributed by atoms with van der Waals surface area (Å²) in [5.41, 5.74) is -0.112. The van der Waals surface area contributed by atoms with Gasteiger partial charge in [0.05, 0.1) is 24.7 Å². The van der Waals surface area contributed by atoms with Gasteiger partial charge >= 0.3 is 0 Å². The maximum absolute atomic E-state index is 11.3. The number of alkyl halides is 1. The summed E-state index contributed by atoms with van der Waals surface area (Å²) in [7, 11) is -2.79. The van der Waals surface area contributed by atoms with E-state index in [2.05, 4.69) is 15.9 Å². The minimum absolute atomic E-state index is 0.112. The Kier molecular flexibility index (Phi) is 2.01. The van der Waals surface area contributed by atoms with Crippen LogP contribution in [0.25, 0.3) is 0 Å². The van der Waals surface area contributed by atoms with E-state index < -0.39 is 9.84 Å². The predicted molar refractivity (Wildman–Crippen MR) is 49.2 cm³/mol. The topological polar surface area (TPSA) is 43.4 Å². The fraction of sp³-hybridized carbons (Fsp3) is 1.00. The Labute approximate surface area is 80.5 Å². The first-order valence-electron chi connectivity index (χ1n) is 3.92. The Hall–Kier alpha value is 0.390. The quantitative estimate of drug-likeness (QED) is 0.639. The molecule has 70 valence electrons. The molecule has 12 heavy (non-hydrogen) atoms. The lowest BCUT2D eigenvalue weighted by Crippen LogP contribution is -2.30. The molecule has 2 heterocycles. The minimum Gasteiger partial charge on any atom is -0.380 e. The van der Waals surface area contributed by atoms with Crippen LogP contribution in [0.1, 0.15) is 0 Å². The van der Waals surface area contributed by atoms with Gasteiger partial charge in [-0.05, 0) is 0 Å². The third kappa shape index (κ3) is 1.22. The van der Waals surface area contributed by atoms with Gasteiger partial charge in [-0.15, -0.1) is 0 Å². The fourth-order valence-electron chi connectivity index (χ4n) is 2.07. The lowest BCUT2D eigenvalue weighted by Gasteiger charge is -2.21. The van der Waals surface area contributed by atoms with Crippen LogP contribution in [0, 0.1) is 11.3 Å². The van der Waals surface area contributed by atoms with Gasteiger partial charge < -0.3 is 4.74 Å². The van der Waals surface area contributed by atoms with Gasteiger partial charge in [0.1, 0.15) is 0 Å². The number of fused-ring (bicyclic) bond motifs is 1. The Morgan fingerprint density at radius 2 is 2.33 bits per heavy atom. The normalized spacial score (nSPS) is 44.6. The van der Waals surface area contributed by atoms with Crippen LogP contribution in [0.15, 0.2) is 0 Å². The van der Waals surface area contributed by atoms with Gasteiger partial charge in [0, 0.05) is 16.7 Å². The molecule has 0 aromatic rings. The van der Waals surface area contributed by atoms with Crippen molar-refractivity contribution in [2.45, 2.75) is 0 Å². The van der Waals surface area contributed by atoms with Gasteiger partial charge in [-0.3, -0.25) is 0 Å². The summed E-state index contributed by atoms with van der Waals surface area (Å²) in [4.78, 5) is 0. The zero-order valence-corrected chi connectivity index (χ0v) is 9.03. The van der Waals surface area contributed by atoms with E-state index in [-0.39, 0.29) is 11.3 Å². The Balaban J connectivity index is 2.32. The number of halogens is 1. The number of hydrogen-bond acceptors (Lipinski definition) is 3. The van der Waals surface area contributed by atoms with E-state index in [1.54, 1.807) is 0 Å². The second-order valence-electron chi connectivity index (χ2n) is 3.76. The molecule has 0 N–H and O–H groups in total. The maximum Gasteiger partial charge on any atom is 0.151 e. The van der Waals surface area contributed by atoms with Crippen molar-refractivity contribution >= 4 is 25.8 Å². The molecule has 2 aliphatic heterocycles. The van der Waals surface area contributed by atoms with Crippen LogP contribution in [-0.4, -0.2) is 38.5 Å². The molecule has 0 radical (unpaired) electrons. The summed E-state index contributed by atoms with van der Waals surface area (Å²) in [6.45, 7) is 1.22. The molecular formula is C7H11BrO3S. The van der Waals surface area contributed by atoms with Gasteiger partial charge in [0.25, 0.3) is 0 Å². The van der Waals surface area contributed by atoms with Crippen LogP contribution in [0.2, 0.25) is 0 Å². The maximum atomic E-state index is 11.3. The summed E-state index contributed by atoms with van der Waals surface area (Å²) in [5.74, 6) is 0.844. The first-order chi connectivity index (χ1) is 5.58. The average Bonchev–Trinajstić information content (AvgIpc) is 2.40. The standard InChI is InChI=1S/C7H11BrO3S/c8-3-7-4-11-1-6(7)2-12(9,10)5-7/h6H,1-5H2/t6-,7+/m0/s1. The largest absolute Gasteiger partial charge is 0.380 e. The van der Waals surface area contributed by atoms with E-state index in [9.17, 15) is 8.42 Å². The zero-order valence-electron chi connectivity index (χ0n) is 6.62. The van der Waals surface area contributed by atoms with E-state index >= 15 is 0 Å². The molecular weight excluding hydrogens is 244 g/mol. The third-order valence-corrected chi connectivity index (χ3v) is 5.84. The molecule has 0 aromatic heterocycles. The van der Waals surface area contributed by atoms with E-state index in [0.29, 0.717) is 24.7 Å². The molecule has 5 heteroatoms. The Morgan fingerprint density at radius 1 is 1.58 bits per heavy atom. The van der Waals surface area contributed by atoms with Crippen LogP contribution in [0.3, 0.4) is 0 Å². The number of sulfone groups is 1. The van der Waals surface area contributed by atoms with E-state index in [0.717, 1.165) is 5.33 Å². The van der Waals surface area contributed by atoms with Crippen molar-refractivity contribution in [3.8, 4) is 0 Å². The summed E-state index contributed by atoms with van der Waals surface area (Å²) < 4.78 is 28.0. The van der Waals surface area contributed by atoms with Gasteiger partial charge in [-0.2, -0.15) is 0 Å². The van der Waals surface area contributed by atoms with Crippen molar-refractivity contribution in [1.82, 2.24) is 0 Å². The van der Waals surface area contributed by atoms with E-state index in [4.69, 9.17) is 4.74 Å².